The minimum atomic E-state index is -0.846. The zero-order chi connectivity index (χ0) is 13.5. The van der Waals surface area contributed by atoms with Gasteiger partial charge in [-0.05, 0) is 36.5 Å². The lowest BCUT2D eigenvalue weighted by Gasteiger charge is -2.21. The maximum Gasteiger partial charge on any atom is 0.159 e. The van der Waals surface area contributed by atoms with E-state index in [9.17, 15) is 13.9 Å². The first-order valence-corrected chi connectivity index (χ1v) is 6.70. The van der Waals surface area contributed by atoms with Gasteiger partial charge in [-0.1, -0.05) is 39.2 Å². The molecule has 3 heteroatoms. The highest BCUT2D eigenvalue weighted by molar-refractivity contribution is 5.18. The van der Waals surface area contributed by atoms with Gasteiger partial charge in [0.2, 0.25) is 0 Å². The van der Waals surface area contributed by atoms with Gasteiger partial charge in [-0.2, -0.15) is 0 Å². The van der Waals surface area contributed by atoms with E-state index in [0.717, 1.165) is 31.7 Å². The maximum atomic E-state index is 13.1. The van der Waals surface area contributed by atoms with Crippen LogP contribution in [-0.4, -0.2) is 11.2 Å². The predicted octanol–water partition coefficient (Wildman–Crippen LogP) is 4.08. The van der Waals surface area contributed by atoms with E-state index in [1.807, 2.05) is 0 Å². The van der Waals surface area contributed by atoms with E-state index in [2.05, 4.69) is 13.8 Å². The highest BCUT2D eigenvalue weighted by Gasteiger charge is 2.17. The number of hydrogen-bond donors (Lipinski definition) is 1. The van der Waals surface area contributed by atoms with Crippen molar-refractivity contribution in [1.82, 2.24) is 0 Å². The van der Waals surface area contributed by atoms with Gasteiger partial charge < -0.3 is 5.11 Å². The van der Waals surface area contributed by atoms with Gasteiger partial charge in [0.05, 0.1) is 6.10 Å². The second-order valence-corrected chi connectivity index (χ2v) is 4.83. The van der Waals surface area contributed by atoms with Gasteiger partial charge in [-0.3, -0.25) is 0 Å². The van der Waals surface area contributed by atoms with Crippen molar-refractivity contribution in [3.63, 3.8) is 0 Å². The first-order valence-electron chi connectivity index (χ1n) is 6.70. The Morgan fingerprint density at radius 2 is 1.89 bits per heavy atom. The predicted molar refractivity (Wildman–Crippen MR) is 69.4 cm³/mol. The fourth-order valence-electron chi connectivity index (χ4n) is 2.21. The highest BCUT2D eigenvalue weighted by atomic mass is 19.2. The molecule has 0 aliphatic rings. The van der Waals surface area contributed by atoms with Crippen LogP contribution in [0.4, 0.5) is 8.78 Å². The number of benzene rings is 1. The van der Waals surface area contributed by atoms with E-state index in [0.29, 0.717) is 12.0 Å². The molecular formula is C15H22F2O. The molecule has 0 aromatic heterocycles. The third-order valence-corrected chi connectivity index (χ3v) is 3.43. The fourth-order valence-corrected chi connectivity index (χ4v) is 2.21. The van der Waals surface area contributed by atoms with Gasteiger partial charge in [-0.25, -0.2) is 8.78 Å². The molecule has 0 saturated carbocycles. The summed E-state index contributed by atoms with van der Waals surface area (Å²) in [6.07, 6.45) is 4.00. The van der Waals surface area contributed by atoms with E-state index in [-0.39, 0.29) is 5.92 Å². The molecule has 18 heavy (non-hydrogen) atoms. The van der Waals surface area contributed by atoms with Crippen molar-refractivity contribution in [2.45, 2.75) is 52.1 Å². The number of aliphatic hydroxyl groups is 1. The molecular weight excluding hydrogens is 234 g/mol. The van der Waals surface area contributed by atoms with Gasteiger partial charge in [0, 0.05) is 0 Å². The topological polar surface area (TPSA) is 20.2 Å². The molecule has 0 aliphatic carbocycles. The summed E-state index contributed by atoms with van der Waals surface area (Å²) in [5.74, 6) is -1.45. The van der Waals surface area contributed by atoms with Crippen molar-refractivity contribution in [3.05, 3.63) is 35.4 Å². The second kappa shape index (κ2) is 7.47. The fraction of sp³-hybridized carbons (Fsp3) is 0.600. The molecule has 1 aromatic carbocycles. The summed E-state index contributed by atoms with van der Waals surface area (Å²) >= 11 is 0. The van der Waals surface area contributed by atoms with E-state index >= 15 is 0 Å². The lowest BCUT2D eigenvalue weighted by molar-refractivity contribution is 0.0986. The Hall–Kier alpha value is -0.960. The molecule has 1 rings (SSSR count). The van der Waals surface area contributed by atoms with Crippen LogP contribution in [0.5, 0.6) is 0 Å². The first kappa shape index (κ1) is 15.1. The SMILES string of the molecule is CCCCC(CC)C(O)Cc1ccc(F)c(F)c1. The largest absolute Gasteiger partial charge is 0.392 e. The van der Waals surface area contributed by atoms with Gasteiger partial charge in [0.1, 0.15) is 0 Å². The van der Waals surface area contributed by atoms with E-state index < -0.39 is 17.7 Å². The summed E-state index contributed by atoms with van der Waals surface area (Å²) in [5, 5.41) is 10.1. The Labute approximate surface area is 108 Å². The zero-order valence-corrected chi connectivity index (χ0v) is 11.1. The number of halogens is 2. The molecule has 1 aromatic rings. The van der Waals surface area contributed by atoms with Crippen molar-refractivity contribution in [3.8, 4) is 0 Å². The second-order valence-electron chi connectivity index (χ2n) is 4.83. The van der Waals surface area contributed by atoms with Crippen LogP contribution < -0.4 is 0 Å². The third-order valence-electron chi connectivity index (χ3n) is 3.43. The van der Waals surface area contributed by atoms with Gasteiger partial charge in [0.25, 0.3) is 0 Å². The summed E-state index contributed by atoms with van der Waals surface area (Å²) in [7, 11) is 0. The minimum Gasteiger partial charge on any atom is -0.392 e. The number of unbranched alkanes of at least 4 members (excludes halogenated alkanes) is 1. The summed E-state index contributed by atoms with van der Waals surface area (Å²) in [5.41, 5.74) is 0.649. The van der Waals surface area contributed by atoms with E-state index in [1.165, 1.54) is 12.1 Å². The highest BCUT2D eigenvalue weighted by Crippen LogP contribution is 2.20. The van der Waals surface area contributed by atoms with Gasteiger partial charge >= 0.3 is 0 Å². The molecule has 2 atom stereocenters. The van der Waals surface area contributed by atoms with Gasteiger partial charge in [-0.15, -0.1) is 0 Å². The summed E-state index contributed by atoms with van der Waals surface area (Å²) < 4.78 is 25.8. The smallest absolute Gasteiger partial charge is 0.159 e. The number of rotatable bonds is 7. The van der Waals surface area contributed by atoms with Crippen LogP contribution >= 0.6 is 0 Å². The summed E-state index contributed by atoms with van der Waals surface area (Å²) in [6.45, 7) is 4.17. The Balaban J connectivity index is 2.61. The Bertz CT molecular complexity index is 366. The first-order chi connectivity index (χ1) is 8.58. The summed E-state index contributed by atoms with van der Waals surface area (Å²) in [4.78, 5) is 0. The van der Waals surface area contributed by atoms with Crippen LogP contribution in [0.2, 0.25) is 0 Å². The minimum absolute atomic E-state index is 0.234. The van der Waals surface area contributed by atoms with Crippen LogP contribution in [0.1, 0.15) is 45.1 Å². The molecule has 0 fully saturated rings. The molecule has 0 radical (unpaired) electrons. The molecule has 102 valence electrons. The monoisotopic (exact) mass is 256 g/mol. The summed E-state index contributed by atoms with van der Waals surface area (Å²) in [6, 6.07) is 3.82. The standard InChI is InChI=1S/C15H22F2O/c1-3-5-6-12(4-2)15(18)10-11-7-8-13(16)14(17)9-11/h7-9,12,15,18H,3-6,10H2,1-2H3. The molecule has 1 nitrogen and oxygen atoms in total. The normalized spacial score (nSPS) is 14.5. The molecule has 0 saturated heterocycles. The molecule has 2 unspecified atom stereocenters. The molecule has 1 N–H and O–H groups in total. The quantitative estimate of drug-likeness (QED) is 0.779. The van der Waals surface area contributed by atoms with Crippen LogP contribution in [0.15, 0.2) is 18.2 Å². The molecule has 0 bridgehead atoms. The molecule has 0 aliphatic heterocycles. The number of aliphatic hydroxyl groups excluding tert-OH is 1. The Kier molecular flexibility index (Phi) is 6.27. The lowest BCUT2D eigenvalue weighted by atomic mass is 9.89. The van der Waals surface area contributed by atoms with E-state index in [4.69, 9.17) is 0 Å². The molecule has 0 amide bonds. The van der Waals surface area contributed by atoms with Crippen molar-refractivity contribution >= 4 is 0 Å². The average Bonchev–Trinajstić information content (AvgIpc) is 2.35. The van der Waals surface area contributed by atoms with Crippen LogP contribution in [-0.2, 0) is 6.42 Å². The zero-order valence-electron chi connectivity index (χ0n) is 11.1. The molecule has 0 spiro atoms. The van der Waals surface area contributed by atoms with Gasteiger partial charge in [0.15, 0.2) is 11.6 Å². The van der Waals surface area contributed by atoms with E-state index in [1.54, 1.807) is 0 Å². The van der Waals surface area contributed by atoms with Crippen molar-refractivity contribution < 1.29 is 13.9 Å². The van der Waals surface area contributed by atoms with Crippen molar-refractivity contribution in [2.24, 2.45) is 5.92 Å². The number of hydrogen-bond acceptors (Lipinski definition) is 1. The lowest BCUT2D eigenvalue weighted by Crippen LogP contribution is -2.22. The van der Waals surface area contributed by atoms with Crippen molar-refractivity contribution in [2.75, 3.05) is 0 Å². The third kappa shape index (κ3) is 4.37. The maximum absolute atomic E-state index is 13.1. The average molecular weight is 256 g/mol. The van der Waals surface area contributed by atoms with Crippen LogP contribution in [0.3, 0.4) is 0 Å². The van der Waals surface area contributed by atoms with Crippen LogP contribution in [0, 0.1) is 17.6 Å². The van der Waals surface area contributed by atoms with Crippen molar-refractivity contribution in [1.29, 1.82) is 0 Å². The Morgan fingerprint density at radius 1 is 1.17 bits per heavy atom. The Morgan fingerprint density at radius 3 is 2.44 bits per heavy atom. The van der Waals surface area contributed by atoms with Crippen LogP contribution in [0.25, 0.3) is 0 Å². The molecule has 0 heterocycles.